The highest BCUT2D eigenvalue weighted by atomic mass is 32.2. The molecular formula is C24H25N3O3S. The Balaban J connectivity index is 1.64. The minimum atomic E-state index is -3.88. The second kappa shape index (κ2) is 8.99. The van der Waals surface area contributed by atoms with Gasteiger partial charge in [-0.3, -0.25) is 0 Å². The minimum Gasteiger partial charge on any atom is -0.358 e. The first kappa shape index (κ1) is 21.2. The smallest absolute Gasteiger partial charge is 0.261 e. The van der Waals surface area contributed by atoms with E-state index in [1.54, 1.807) is 12.1 Å². The quantitative estimate of drug-likeness (QED) is 0.514. The lowest BCUT2D eigenvalue weighted by atomic mass is 9.78. The summed E-state index contributed by atoms with van der Waals surface area (Å²) in [5, 5.41) is 3.09. The lowest BCUT2D eigenvalue weighted by Crippen LogP contribution is -2.46. The molecule has 0 bridgehead atoms. The Morgan fingerprint density at radius 1 is 0.871 bits per heavy atom. The number of aromatic nitrogens is 1. The number of rotatable bonds is 9. The van der Waals surface area contributed by atoms with Gasteiger partial charge in [0, 0.05) is 13.1 Å². The number of carbonyl (C=O) groups excluding carboxylic acids is 1. The Labute approximate surface area is 183 Å². The molecule has 0 unspecified atom stereocenters. The van der Waals surface area contributed by atoms with Crippen LogP contribution in [0.5, 0.6) is 0 Å². The van der Waals surface area contributed by atoms with E-state index in [0.717, 1.165) is 36.7 Å². The molecule has 2 aromatic carbocycles. The zero-order chi connectivity index (χ0) is 21.7. The summed E-state index contributed by atoms with van der Waals surface area (Å²) in [5.41, 5.74) is 1.15. The van der Waals surface area contributed by atoms with Crippen molar-refractivity contribution in [1.82, 2.24) is 9.29 Å². The third kappa shape index (κ3) is 4.84. The molecule has 7 heteroatoms. The van der Waals surface area contributed by atoms with Crippen LogP contribution in [-0.2, 0) is 27.9 Å². The third-order valence-electron chi connectivity index (χ3n) is 5.58. The lowest BCUT2D eigenvalue weighted by molar-refractivity contribution is -0.113. The van der Waals surface area contributed by atoms with E-state index in [-0.39, 0.29) is 18.1 Å². The van der Waals surface area contributed by atoms with Gasteiger partial charge in [-0.1, -0.05) is 66.7 Å². The number of hydrogen-bond donors (Lipinski definition) is 1. The first-order valence-electron chi connectivity index (χ1n) is 10.3. The molecule has 0 atom stereocenters. The average molecular weight is 436 g/mol. The van der Waals surface area contributed by atoms with Crippen LogP contribution < -0.4 is 5.32 Å². The monoisotopic (exact) mass is 435 g/mol. The first-order chi connectivity index (χ1) is 15.0. The molecule has 1 saturated carbocycles. The highest BCUT2D eigenvalue weighted by Crippen LogP contribution is 2.33. The van der Waals surface area contributed by atoms with Gasteiger partial charge in [0.25, 0.3) is 10.0 Å². The molecule has 1 aliphatic rings. The molecule has 0 radical (unpaired) electrons. The second-order valence-electron chi connectivity index (χ2n) is 7.86. The normalized spacial score (nSPS) is 15.3. The van der Waals surface area contributed by atoms with E-state index in [1.165, 1.54) is 10.4 Å². The molecule has 1 aliphatic carbocycles. The molecule has 0 amide bonds. The van der Waals surface area contributed by atoms with Gasteiger partial charge in [-0.15, -0.1) is 0 Å². The molecule has 0 spiro atoms. The van der Waals surface area contributed by atoms with Gasteiger partial charge in [-0.05, 0) is 42.5 Å². The molecular weight excluding hydrogens is 410 g/mol. The highest BCUT2D eigenvalue weighted by Gasteiger charge is 2.37. The fourth-order valence-corrected chi connectivity index (χ4v) is 5.01. The van der Waals surface area contributed by atoms with Crippen molar-refractivity contribution in [3.05, 3.63) is 90.0 Å². The topological polar surface area (TPSA) is 79.4 Å². The lowest BCUT2D eigenvalue weighted by Gasteiger charge is -2.37. The first-order valence-corrected chi connectivity index (χ1v) is 11.7. The van der Waals surface area contributed by atoms with E-state index in [4.69, 9.17) is 0 Å². The van der Waals surface area contributed by atoms with Crippen LogP contribution in [-0.4, -0.2) is 29.5 Å². The van der Waals surface area contributed by atoms with Crippen LogP contribution in [0.1, 0.15) is 30.4 Å². The summed E-state index contributed by atoms with van der Waals surface area (Å²) in [6.07, 6.45) is 3.31. The maximum atomic E-state index is 13.6. The summed E-state index contributed by atoms with van der Waals surface area (Å²) < 4.78 is 28.6. The van der Waals surface area contributed by atoms with E-state index >= 15 is 0 Å². The number of hydrogen-bond acceptors (Lipinski definition) is 5. The van der Waals surface area contributed by atoms with Crippen LogP contribution in [0.15, 0.2) is 83.9 Å². The fraction of sp³-hybridized carbons (Fsp3) is 0.250. The Bertz CT molecular complexity index is 1090. The summed E-state index contributed by atoms with van der Waals surface area (Å²) in [7, 11) is -3.88. The van der Waals surface area contributed by atoms with E-state index in [2.05, 4.69) is 10.3 Å². The molecule has 3 aromatic rings. The van der Waals surface area contributed by atoms with Gasteiger partial charge in [0.05, 0.1) is 5.54 Å². The van der Waals surface area contributed by atoms with Crippen LogP contribution in [0.2, 0.25) is 0 Å². The molecule has 0 saturated heterocycles. The molecule has 1 heterocycles. The summed E-state index contributed by atoms with van der Waals surface area (Å²) in [6.45, 7) is 0.464. The number of aldehydes is 1. The van der Waals surface area contributed by atoms with E-state index in [0.29, 0.717) is 5.82 Å². The van der Waals surface area contributed by atoms with Gasteiger partial charge >= 0.3 is 0 Å². The Hall–Kier alpha value is -3.03. The van der Waals surface area contributed by atoms with E-state index in [9.17, 15) is 13.2 Å². The number of nitrogens with one attached hydrogen (secondary N) is 1. The van der Waals surface area contributed by atoms with E-state index < -0.39 is 15.6 Å². The second-order valence-corrected chi connectivity index (χ2v) is 9.74. The van der Waals surface area contributed by atoms with Crippen molar-refractivity contribution in [2.75, 3.05) is 5.32 Å². The summed E-state index contributed by atoms with van der Waals surface area (Å²) in [4.78, 5) is 15.9. The predicted octanol–water partition coefficient (Wildman–Crippen LogP) is 4.01. The summed E-state index contributed by atoms with van der Waals surface area (Å²) in [6, 6.07) is 23.8. The van der Waals surface area contributed by atoms with Gasteiger partial charge in [-0.25, -0.2) is 13.4 Å². The molecule has 0 aliphatic heterocycles. The Morgan fingerprint density at radius 2 is 1.45 bits per heavy atom. The van der Waals surface area contributed by atoms with Crippen molar-refractivity contribution in [2.24, 2.45) is 0 Å². The average Bonchev–Trinajstić information content (AvgIpc) is 2.77. The van der Waals surface area contributed by atoms with E-state index in [1.807, 2.05) is 60.7 Å². The van der Waals surface area contributed by atoms with Crippen molar-refractivity contribution in [2.45, 2.75) is 42.9 Å². The van der Waals surface area contributed by atoms with Crippen LogP contribution >= 0.6 is 0 Å². The zero-order valence-electron chi connectivity index (χ0n) is 17.1. The Morgan fingerprint density at radius 3 is 1.94 bits per heavy atom. The van der Waals surface area contributed by atoms with Gasteiger partial charge in [0.15, 0.2) is 5.03 Å². The molecule has 160 valence electrons. The molecule has 1 aromatic heterocycles. The van der Waals surface area contributed by atoms with Crippen LogP contribution in [0.25, 0.3) is 0 Å². The van der Waals surface area contributed by atoms with Crippen molar-refractivity contribution in [1.29, 1.82) is 0 Å². The standard InChI is InChI=1S/C24H25N3O3S/c28-19-24(15-8-16-24)26-22-13-7-14-23(25-22)31(29,30)27(17-20-9-3-1-4-10-20)18-21-11-5-2-6-12-21/h1-7,9-14,19H,8,15-18H2,(H,25,26). The number of benzene rings is 2. The van der Waals surface area contributed by atoms with Crippen LogP contribution in [0.4, 0.5) is 5.82 Å². The third-order valence-corrected chi connectivity index (χ3v) is 7.27. The largest absolute Gasteiger partial charge is 0.358 e. The molecule has 31 heavy (non-hydrogen) atoms. The Kier molecular flexibility index (Phi) is 6.15. The minimum absolute atomic E-state index is 0.0373. The van der Waals surface area contributed by atoms with Gasteiger partial charge in [0.2, 0.25) is 0 Å². The van der Waals surface area contributed by atoms with Crippen LogP contribution in [0, 0.1) is 0 Å². The molecule has 1 fully saturated rings. The summed E-state index contributed by atoms with van der Waals surface area (Å²) in [5.74, 6) is 0.396. The number of carbonyl (C=O) groups is 1. The van der Waals surface area contributed by atoms with Gasteiger partial charge in [0.1, 0.15) is 12.1 Å². The molecule has 1 N–H and O–H groups in total. The zero-order valence-corrected chi connectivity index (χ0v) is 18.0. The van der Waals surface area contributed by atoms with Crippen molar-refractivity contribution >= 4 is 22.1 Å². The number of pyridine rings is 1. The fourth-order valence-electron chi connectivity index (χ4n) is 3.65. The molecule has 4 rings (SSSR count). The van der Waals surface area contributed by atoms with Crippen molar-refractivity contribution < 1.29 is 13.2 Å². The number of anilines is 1. The SMILES string of the molecule is O=CC1(Nc2cccc(S(=O)(=O)N(Cc3ccccc3)Cc3ccccc3)n2)CCC1. The van der Waals surface area contributed by atoms with Crippen molar-refractivity contribution in [3.8, 4) is 0 Å². The van der Waals surface area contributed by atoms with Gasteiger partial charge < -0.3 is 10.1 Å². The predicted molar refractivity (Wildman–Crippen MR) is 120 cm³/mol. The highest BCUT2D eigenvalue weighted by molar-refractivity contribution is 7.89. The number of nitrogens with zero attached hydrogens (tertiary/aromatic N) is 2. The number of sulfonamides is 1. The molecule has 6 nitrogen and oxygen atoms in total. The van der Waals surface area contributed by atoms with Crippen LogP contribution in [0.3, 0.4) is 0 Å². The maximum absolute atomic E-state index is 13.6. The summed E-state index contributed by atoms with van der Waals surface area (Å²) >= 11 is 0. The van der Waals surface area contributed by atoms with Gasteiger partial charge in [-0.2, -0.15) is 4.31 Å². The maximum Gasteiger partial charge on any atom is 0.261 e. The van der Waals surface area contributed by atoms with Crippen molar-refractivity contribution in [3.63, 3.8) is 0 Å².